The summed E-state index contributed by atoms with van der Waals surface area (Å²) in [6.07, 6.45) is 1.52. The van der Waals surface area contributed by atoms with Crippen molar-refractivity contribution in [3.8, 4) is 0 Å². The fraction of sp³-hybridized carbons (Fsp3) is 0.400. The van der Waals surface area contributed by atoms with Gasteiger partial charge in [-0.15, -0.1) is 0 Å². The maximum atomic E-state index is 12.3. The van der Waals surface area contributed by atoms with Crippen molar-refractivity contribution in [1.29, 1.82) is 0 Å². The van der Waals surface area contributed by atoms with Crippen LogP contribution in [0, 0.1) is 0 Å². The standard InChI is InChI=1S/C20H25N3O4/c1-26-13-7-21-19(24)17-5-2-4-16(14-17)15-22-8-10-23(11-9-22)20(25)18-6-3-12-27-18/h2-6,12,14H,7-11,13,15H2,1H3,(H,21,24). The van der Waals surface area contributed by atoms with E-state index in [4.69, 9.17) is 9.15 Å². The first-order valence-corrected chi connectivity index (χ1v) is 9.08. The Kier molecular flexibility index (Phi) is 6.62. The van der Waals surface area contributed by atoms with Gasteiger partial charge in [-0.05, 0) is 29.8 Å². The second-order valence-electron chi connectivity index (χ2n) is 6.49. The monoisotopic (exact) mass is 371 g/mol. The molecule has 2 amide bonds. The lowest BCUT2D eigenvalue weighted by atomic mass is 10.1. The molecule has 27 heavy (non-hydrogen) atoms. The van der Waals surface area contributed by atoms with E-state index >= 15 is 0 Å². The van der Waals surface area contributed by atoms with Crippen LogP contribution in [0.25, 0.3) is 0 Å². The van der Waals surface area contributed by atoms with E-state index in [1.807, 2.05) is 29.2 Å². The number of amides is 2. The van der Waals surface area contributed by atoms with Crippen LogP contribution >= 0.6 is 0 Å². The molecular formula is C20H25N3O4. The third kappa shape index (κ3) is 5.18. The Morgan fingerprint density at radius 3 is 2.67 bits per heavy atom. The molecule has 1 aromatic heterocycles. The number of furan rings is 1. The Morgan fingerprint density at radius 2 is 1.96 bits per heavy atom. The van der Waals surface area contributed by atoms with Crippen LogP contribution in [0.5, 0.6) is 0 Å². The topological polar surface area (TPSA) is 75.0 Å². The van der Waals surface area contributed by atoms with Crippen molar-refractivity contribution >= 4 is 11.8 Å². The minimum Gasteiger partial charge on any atom is -0.459 e. The van der Waals surface area contributed by atoms with E-state index in [2.05, 4.69) is 10.2 Å². The Balaban J connectivity index is 1.51. The smallest absolute Gasteiger partial charge is 0.289 e. The van der Waals surface area contributed by atoms with Crippen molar-refractivity contribution in [1.82, 2.24) is 15.1 Å². The Bertz CT molecular complexity index is 752. The highest BCUT2D eigenvalue weighted by molar-refractivity contribution is 5.94. The van der Waals surface area contributed by atoms with Gasteiger partial charge < -0.3 is 19.4 Å². The molecule has 1 N–H and O–H groups in total. The zero-order valence-corrected chi connectivity index (χ0v) is 15.5. The van der Waals surface area contributed by atoms with E-state index in [0.29, 0.717) is 37.6 Å². The van der Waals surface area contributed by atoms with Crippen LogP contribution in [0.2, 0.25) is 0 Å². The van der Waals surface area contributed by atoms with Crippen LogP contribution in [-0.2, 0) is 11.3 Å². The molecule has 1 aliphatic rings. The molecule has 7 heteroatoms. The third-order valence-corrected chi connectivity index (χ3v) is 4.58. The van der Waals surface area contributed by atoms with Crippen LogP contribution in [0.4, 0.5) is 0 Å². The van der Waals surface area contributed by atoms with Gasteiger partial charge >= 0.3 is 0 Å². The summed E-state index contributed by atoms with van der Waals surface area (Å²) in [5.74, 6) is 0.229. The Labute approximate surface area is 158 Å². The highest BCUT2D eigenvalue weighted by Gasteiger charge is 2.23. The molecule has 7 nitrogen and oxygen atoms in total. The van der Waals surface area contributed by atoms with E-state index < -0.39 is 0 Å². The van der Waals surface area contributed by atoms with Gasteiger partial charge in [-0.25, -0.2) is 0 Å². The molecule has 2 heterocycles. The molecule has 0 aliphatic carbocycles. The van der Waals surface area contributed by atoms with Crippen LogP contribution in [0.15, 0.2) is 47.1 Å². The molecule has 1 aromatic carbocycles. The number of piperazine rings is 1. The lowest BCUT2D eigenvalue weighted by Gasteiger charge is -2.34. The lowest BCUT2D eigenvalue weighted by Crippen LogP contribution is -2.48. The van der Waals surface area contributed by atoms with Gasteiger partial charge in [0.1, 0.15) is 0 Å². The predicted molar refractivity (Wildman–Crippen MR) is 101 cm³/mol. The summed E-state index contributed by atoms with van der Waals surface area (Å²) in [5, 5.41) is 2.83. The molecule has 0 bridgehead atoms. The van der Waals surface area contributed by atoms with E-state index in [-0.39, 0.29) is 11.8 Å². The van der Waals surface area contributed by atoms with Crippen LogP contribution in [-0.4, -0.2) is 68.1 Å². The molecule has 0 radical (unpaired) electrons. The van der Waals surface area contributed by atoms with Gasteiger partial charge in [-0.2, -0.15) is 0 Å². The summed E-state index contributed by atoms with van der Waals surface area (Å²) in [5.41, 5.74) is 1.73. The second-order valence-corrected chi connectivity index (χ2v) is 6.49. The SMILES string of the molecule is COCCNC(=O)c1cccc(CN2CCN(C(=O)c3ccco3)CC2)c1. The maximum Gasteiger partial charge on any atom is 0.289 e. The molecule has 144 valence electrons. The van der Waals surface area contributed by atoms with Crippen LogP contribution in [0.1, 0.15) is 26.5 Å². The molecule has 1 aliphatic heterocycles. The third-order valence-electron chi connectivity index (χ3n) is 4.58. The number of nitrogens with one attached hydrogen (secondary N) is 1. The zero-order valence-electron chi connectivity index (χ0n) is 15.5. The van der Waals surface area contributed by atoms with E-state index in [1.54, 1.807) is 19.2 Å². The Hall–Kier alpha value is -2.64. The second kappa shape index (κ2) is 9.34. The average molecular weight is 371 g/mol. The van der Waals surface area contributed by atoms with Gasteiger partial charge in [0.2, 0.25) is 0 Å². The lowest BCUT2D eigenvalue weighted by molar-refractivity contribution is 0.0597. The number of carbonyl (C=O) groups is 2. The van der Waals surface area contributed by atoms with E-state index in [1.165, 1.54) is 6.26 Å². The van der Waals surface area contributed by atoms with Gasteiger partial charge in [-0.3, -0.25) is 14.5 Å². The van der Waals surface area contributed by atoms with Crippen molar-refractivity contribution in [2.45, 2.75) is 6.54 Å². The van der Waals surface area contributed by atoms with Crippen LogP contribution in [0.3, 0.4) is 0 Å². The molecule has 2 aromatic rings. The summed E-state index contributed by atoms with van der Waals surface area (Å²) in [6.45, 7) is 4.64. The summed E-state index contributed by atoms with van der Waals surface area (Å²) in [7, 11) is 1.61. The fourth-order valence-electron chi connectivity index (χ4n) is 3.10. The zero-order chi connectivity index (χ0) is 19.1. The summed E-state index contributed by atoms with van der Waals surface area (Å²) >= 11 is 0. The largest absolute Gasteiger partial charge is 0.459 e. The molecule has 0 saturated carbocycles. The van der Waals surface area contributed by atoms with E-state index in [9.17, 15) is 9.59 Å². The minimum absolute atomic E-state index is 0.0608. The van der Waals surface area contributed by atoms with Crippen molar-refractivity contribution in [3.63, 3.8) is 0 Å². The predicted octanol–water partition coefficient (Wildman–Crippen LogP) is 1.61. The summed E-state index contributed by atoms with van der Waals surface area (Å²) in [4.78, 5) is 28.6. The molecule has 1 fully saturated rings. The molecule has 0 spiro atoms. The quantitative estimate of drug-likeness (QED) is 0.749. The first-order valence-electron chi connectivity index (χ1n) is 9.08. The number of hydrogen-bond donors (Lipinski definition) is 1. The number of hydrogen-bond acceptors (Lipinski definition) is 5. The first-order chi connectivity index (χ1) is 13.2. The van der Waals surface area contributed by atoms with Gasteiger partial charge in [0.15, 0.2) is 5.76 Å². The number of rotatable bonds is 7. The molecule has 1 saturated heterocycles. The highest BCUT2D eigenvalue weighted by atomic mass is 16.5. The maximum absolute atomic E-state index is 12.3. The number of benzene rings is 1. The number of nitrogens with zero attached hydrogens (tertiary/aromatic N) is 2. The average Bonchev–Trinajstić information content (AvgIpc) is 3.23. The number of methoxy groups -OCH3 is 1. The van der Waals surface area contributed by atoms with Crippen molar-refractivity contribution in [2.75, 3.05) is 46.4 Å². The Morgan fingerprint density at radius 1 is 1.15 bits per heavy atom. The van der Waals surface area contributed by atoms with Crippen molar-refractivity contribution < 1.29 is 18.7 Å². The molecule has 3 rings (SSSR count). The van der Waals surface area contributed by atoms with Crippen molar-refractivity contribution in [3.05, 3.63) is 59.5 Å². The number of carbonyl (C=O) groups excluding carboxylic acids is 2. The first kappa shape index (κ1) is 19.1. The van der Waals surface area contributed by atoms with Crippen LogP contribution < -0.4 is 5.32 Å². The van der Waals surface area contributed by atoms with Gasteiger partial charge in [0, 0.05) is 51.9 Å². The normalized spacial score (nSPS) is 14.9. The minimum atomic E-state index is -0.0947. The summed E-state index contributed by atoms with van der Waals surface area (Å²) < 4.78 is 10.1. The van der Waals surface area contributed by atoms with Gasteiger partial charge in [0.05, 0.1) is 12.9 Å². The molecular weight excluding hydrogens is 346 g/mol. The molecule has 0 atom stereocenters. The van der Waals surface area contributed by atoms with E-state index in [0.717, 1.165) is 25.2 Å². The highest BCUT2D eigenvalue weighted by Crippen LogP contribution is 2.13. The molecule has 0 unspecified atom stereocenters. The van der Waals surface area contributed by atoms with Crippen molar-refractivity contribution in [2.24, 2.45) is 0 Å². The number of ether oxygens (including phenoxy) is 1. The van der Waals surface area contributed by atoms with Gasteiger partial charge in [0.25, 0.3) is 11.8 Å². The van der Waals surface area contributed by atoms with Gasteiger partial charge in [-0.1, -0.05) is 12.1 Å². The summed E-state index contributed by atoms with van der Waals surface area (Å²) in [6, 6.07) is 11.1. The fourth-order valence-corrected chi connectivity index (χ4v) is 3.10.